The molecule has 0 radical (unpaired) electrons. The smallest absolute Gasteiger partial charge is 0.337 e. The normalized spacial score (nSPS) is 15.2. The average molecular weight is 360 g/mol. The first-order chi connectivity index (χ1) is 12.1. The minimum absolute atomic E-state index is 0.280. The van der Waals surface area contributed by atoms with Gasteiger partial charge in [0.15, 0.2) is 0 Å². The number of esters is 1. The largest absolute Gasteiger partial charge is 0.465 e. The molecule has 2 aromatic carbocycles. The first-order valence-corrected chi connectivity index (χ1v) is 8.96. The Balaban J connectivity index is 1.61. The van der Waals surface area contributed by atoms with E-state index in [1.165, 1.54) is 28.8 Å². The number of quaternary nitrogens is 1. The maximum absolute atomic E-state index is 11.7. The van der Waals surface area contributed by atoms with Crippen LogP contribution in [0.5, 0.6) is 0 Å². The Hall–Kier alpha value is -2.04. The van der Waals surface area contributed by atoms with E-state index in [9.17, 15) is 4.79 Å². The van der Waals surface area contributed by atoms with Gasteiger partial charge in [-0.3, -0.25) is 0 Å². The lowest BCUT2D eigenvalue weighted by atomic mass is 10.1. The van der Waals surface area contributed by atoms with E-state index in [-0.39, 0.29) is 5.97 Å². The van der Waals surface area contributed by atoms with Crippen LogP contribution >= 0.6 is 11.6 Å². The Labute approximate surface area is 154 Å². The molecule has 1 fully saturated rings. The number of nitrogens with zero attached hydrogens (tertiary/aromatic N) is 1. The van der Waals surface area contributed by atoms with Crippen LogP contribution in [-0.2, 0) is 11.3 Å². The van der Waals surface area contributed by atoms with Crippen molar-refractivity contribution in [2.45, 2.75) is 13.5 Å². The van der Waals surface area contributed by atoms with Gasteiger partial charge in [-0.05, 0) is 36.8 Å². The van der Waals surface area contributed by atoms with E-state index in [1.807, 2.05) is 18.2 Å². The van der Waals surface area contributed by atoms with Gasteiger partial charge in [0.05, 0.1) is 38.9 Å². The summed E-state index contributed by atoms with van der Waals surface area (Å²) in [7, 11) is 1.41. The molecule has 3 rings (SSSR count). The van der Waals surface area contributed by atoms with E-state index < -0.39 is 0 Å². The van der Waals surface area contributed by atoms with Crippen molar-refractivity contribution in [1.82, 2.24) is 0 Å². The van der Waals surface area contributed by atoms with E-state index in [0.717, 1.165) is 37.7 Å². The zero-order chi connectivity index (χ0) is 17.8. The van der Waals surface area contributed by atoms with Crippen LogP contribution in [0.25, 0.3) is 0 Å². The highest BCUT2D eigenvalue weighted by Gasteiger charge is 2.21. The number of halogens is 1. The molecule has 1 N–H and O–H groups in total. The number of ether oxygens (including phenoxy) is 1. The topological polar surface area (TPSA) is 34.0 Å². The Kier molecular flexibility index (Phi) is 5.61. The van der Waals surface area contributed by atoms with Gasteiger partial charge in [0, 0.05) is 16.3 Å². The number of nitrogens with one attached hydrogen (secondary N) is 1. The Morgan fingerprint density at radius 1 is 1.20 bits per heavy atom. The highest BCUT2D eigenvalue weighted by Crippen LogP contribution is 2.24. The molecule has 1 heterocycles. The quantitative estimate of drug-likeness (QED) is 0.851. The van der Waals surface area contributed by atoms with Gasteiger partial charge in [0.2, 0.25) is 0 Å². The van der Waals surface area contributed by atoms with Crippen LogP contribution in [0.15, 0.2) is 42.5 Å². The zero-order valence-electron chi connectivity index (χ0n) is 14.7. The van der Waals surface area contributed by atoms with E-state index in [0.29, 0.717) is 5.56 Å². The molecule has 1 saturated heterocycles. The number of benzene rings is 2. The third-order valence-electron chi connectivity index (χ3n) is 4.78. The molecule has 0 amide bonds. The van der Waals surface area contributed by atoms with Crippen molar-refractivity contribution in [2.75, 3.05) is 38.2 Å². The van der Waals surface area contributed by atoms with Gasteiger partial charge in [0.25, 0.3) is 0 Å². The SMILES string of the molecule is COC(=O)c1cccc(C[NH+]2CCN(c3cc(Cl)ccc3C)CC2)c1. The van der Waals surface area contributed by atoms with Gasteiger partial charge < -0.3 is 14.5 Å². The summed E-state index contributed by atoms with van der Waals surface area (Å²) in [5, 5.41) is 0.787. The molecular weight excluding hydrogens is 336 g/mol. The van der Waals surface area contributed by atoms with Crippen molar-refractivity contribution in [3.05, 3.63) is 64.2 Å². The fourth-order valence-electron chi connectivity index (χ4n) is 3.38. The minimum atomic E-state index is -0.280. The molecule has 0 bridgehead atoms. The third-order valence-corrected chi connectivity index (χ3v) is 5.02. The summed E-state index contributed by atoms with van der Waals surface area (Å²) in [5.74, 6) is -0.280. The molecule has 0 saturated carbocycles. The summed E-state index contributed by atoms with van der Waals surface area (Å²) >= 11 is 6.15. The van der Waals surface area contributed by atoms with Crippen LogP contribution in [0.3, 0.4) is 0 Å². The first-order valence-electron chi connectivity index (χ1n) is 8.59. The van der Waals surface area contributed by atoms with E-state index in [1.54, 1.807) is 6.07 Å². The second-order valence-electron chi connectivity index (χ2n) is 6.54. The summed E-state index contributed by atoms with van der Waals surface area (Å²) in [6.07, 6.45) is 0. The number of methoxy groups -OCH3 is 1. The highest BCUT2D eigenvalue weighted by molar-refractivity contribution is 6.30. The van der Waals surface area contributed by atoms with E-state index in [4.69, 9.17) is 16.3 Å². The standard InChI is InChI=1S/C20H23ClN2O2/c1-15-6-7-18(21)13-19(15)23-10-8-22(9-11-23)14-16-4-3-5-17(12-16)20(24)25-2/h3-7,12-13H,8-11,14H2,1-2H3/p+1. The van der Waals surface area contributed by atoms with Crippen LogP contribution in [0, 0.1) is 6.92 Å². The molecule has 0 spiro atoms. The highest BCUT2D eigenvalue weighted by atomic mass is 35.5. The summed E-state index contributed by atoms with van der Waals surface area (Å²) < 4.78 is 4.80. The number of aryl methyl sites for hydroxylation is 1. The Bertz CT molecular complexity index is 755. The van der Waals surface area contributed by atoms with Crippen molar-refractivity contribution in [2.24, 2.45) is 0 Å². The Morgan fingerprint density at radius 3 is 2.68 bits per heavy atom. The molecule has 132 valence electrons. The van der Waals surface area contributed by atoms with Crippen LogP contribution < -0.4 is 9.80 Å². The molecule has 5 heteroatoms. The lowest BCUT2D eigenvalue weighted by molar-refractivity contribution is -0.914. The van der Waals surface area contributed by atoms with Crippen molar-refractivity contribution in [3.63, 3.8) is 0 Å². The third kappa shape index (κ3) is 4.33. The van der Waals surface area contributed by atoms with Crippen molar-refractivity contribution in [1.29, 1.82) is 0 Å². The summed E-state index contributed by atoms with van der Waals surface area (Å²) in [4.78, 5) is 15.6. The van der Waals surface area contributed by atoms with Crippen LogP contribution in [0.2, 0.25) is 5.02 Å². The first kappa shape index (κ1) is 17.8. The summed E-state index contributed by atoms with van der Waals surface area (Å²) in [6, 6.07) is 13.8. The molecule has 0 unspecified atom stereocenters. The second kappa shape index (κ2) is 7.89. The van der Waals surface area contributed by atoms with Crippen LogP contribution in [0.4, 0.5) is 5.69 Å². The number of hydrogen-bond donors (Lipinski definition) is 1. The van der Waals surface area contributed by atoms with Crippen molar-refractivity contribution >= 4 is 23.3 Å². The molecule has 1 aliphatic heterocycles. The van der Waals surface area contributed by atoms with Gasteiger partial charge in [-0.1, -0.05) is 29.8 Å². The second-order valence-corrected chi connectivity index (χ2v) is 6.97. The van der Waals surface area contributed by atoms with Crippen LogP contribution in [-0.4, -0.2) is 39.3 Å². The fraction of sp³-hybridized carbons (Fsp3) is 0.350. The van der Waals surface area contributed by atoms with Crippen LogP contribution in [0.1, 0.15) is 21.5 Å². The molecule has 25 heavy (non-hydrogen) atoms. The molecule has 0 aromatic heterocycles. The van der Waals surface area contributed by atoms with Gasteiger partial charge in [-0.15, -0.1) is 0 Å². The van der Waals surface area contributed by atoms with E-state index in [2.05, 4.69) is 30.0 Å². The molecular formula is C20H24ClN2O2+. The molecule has 0 atom stereocenters. The molecule has 1 aliphatic rings. The maximum atomic E-state index is 11.7. The van der Waals surface area contributed by atoms with Crippen molar-refractivity contribution < 1.29 is 14.4 Å². The monoisotopic (exact) mass is 359 g/mol. The predicted molar refractivity (Wildman–Crippen MR) is 101 cm³/mol. The maximum Gasteiger partial charge on any atom is 0.337 e. The van der Waals surface area contributed by atoms with Gasteiger partial charge in [-0.25, -0.2) is 4.79 Å². The average Bonchev–Trinajstić information content (AvgIpc) is 2.64. The number of anilines is 1. The molecule has 2 aromatic rings. The van der Waals surface area contributed by atoms with E-state index >= 15 is 0 Å². The van der Waals surface area contributed by atoms with Gasteiger partial charge in [-0.2, -0.15) is 0 Å². The van der Waals surface area contributed by atoms with Gasteiger partial charge in [0.1, 0.15) is 6.54 Å². The zero-order valence-corrected chi connectivity index (χ0v) is 15.5. The van der Waals surface area contributed by atoms with Gasteiger partial charge >= 0.3 is 5.97 Å². The number of carbonyl (C=O) groups excluding carboxylic acids is 1. The Morgan fingerprint density at radius 2 is 1.96 bits per heavy atom. The number of rotatable bonds is 4. The predicted octanol–water partition coefficient (Wildman–Crippen LogP) is 2.34. The lowest BCUT2D eigenvalue weighted by Crippen LogP contribution is -3.13. The number of carbonyl (C=O) groups is 1. The minimum Gasteiger partial charge on any atom is -0.465 e. The van der Waals surface area contributed by atoms with Crippen molar-refractivity contribution in [3.8, 4) is 0 Å². The molecule has 0 aliphatic carbocycles. The summed E-state index contributed by atoms with van der Waals surface area (Å²) in [5.41, 5.74) is 4.29. The number of hydrogen-bond acceptors (Lipinski definition) is 3. The lowest BCUT2D eigenvalue weighted by Gasteiger charge is -2.34. The molecule has 4 nitrogen and oxygen atoms in total. The fourth-order valence-corrected chi connectivity index (χ4v) is 3.54. The number of piperazine rings is 1. The summed E-state index contributed by atoms with van der Waals surface area (Å²) in [6.45, 7) is 7.19.